The van der Waals surface area contributed by atoms with Crippen LogP contribution in [0.3, 0.4) is 0 Å². The van der Waals surface area contributed by atoms with Gasteiger partial charge >= 0.3 is 0 Å². The Morgan fingerprint density at radius 2 is 2.60 bits per heavy atom. The summed E-state index contributed by atoms with van der Waals surface area (Å²) >= 11 is 2.53. The molecule has 1 N–H and O–H groups in total. The Labute approximate surface area is 68.1 Å². The van der Waals surface area contributed by atoms with Crippen LogP contribution in [-0.2, 0) is 4.57 Å². The van der Waals surface area contributed by atoms with Crippen LogP contribution in [-0.4, -0.2) is 7.05 Å². The first-order valence-electron chi connectivity index (χ1n) is 2.54. The normalized spacial score (nSPS) is 31.4. The van der Waals surface area contributed by atoms with Crippen LogP contribution in [0.4, 0.5) is 0 Å². The van der Waals surface area contributed by atoms with Gasteiger partial charge in [0.25, 0.3) is 5.70 Å². The molecule has 2 nitrogen and oxygen atoms in total. The monoisotopic (exact) mass is 191 g/mol. The van der Waals surface area contributed by atoms with E-state index in [4.69, 9.17) is 6.42 Å². The minimum atomic E-state index is -2.28. The first-order valence-corrected chi connectivity index (χ1v) is 7.15. The van der Waals surface area contributed by atoms with Gasteiger partial charge in [-0.25, -0.2) is 0 Å². The molecule has 0 bridgehead atoms. The maximum atomic E-state index is 11.4. The van der Waals surface area contributed by atoms with Gasteiger partial charge in [-0.05, 0) is 29.8 Å². The summed E-state index contributed by atoms with van der Waals surface area (Å²) in [6.07, 6.45) is 5.11. The minimum absolute atomic E-state index is 0.752. The lowest BCUT2D eigenvalue weighted by atomic mass is 10.7. The van der Waals surface area contributed by atoms with Gasteiger partial charge in [-0.1, -0.05) is 5.92 Å². The molecule has 0 saturated carbocycles. The molecule has 0 radical (unpaired) electrons. The molecule has 5 heteroatoms. The van der Waals surface area contributed by atoms with E-state index in [-0.39, 0.29) is 0 Å². The number of allylic oxidation sites excluding steroid dienone is 1. The molecule has 1 heterocycles. The van der Waals surface area contributed by atoms with E-state index in [9.17, 15) is 4.57 Å². The van der Waals surface area contributed by atoms with E-state index in [1.54, 1.807) is 12.5 Å². The molecule has 0 aliphatic carbocycles. The van der Waals surface area contributed by atoms with Crippen molar-refractivity contribution >= 4 is 28.5 Å². The number of nitrogens with one attached hydrogen (secondary N) is 1. The van der Waals surface area contributed by atoms with Crippen LogP contribution in [0.1, 0.15) is 0 Å². The Morgan fingerprint density at radius 3 is 2.90 bits per heavy atom. The number of terminal acetylenes is 1. The minimum Gasteiger partial charge on any atom is -0.282 e. The summed E-state index contributed by atoms with van der Waals surface area (Å²) in [7, 11) is 1.67. The topological polar surface area (TPSA) is 29.1 Å². The molecule has 1 rings (SSSR count). The van der Waals surface area contributed by atoms with Crippen LogP contribution in [0.5, 0.6) is 0 Å². The van der Waals surface area contributed by atoms with Gasteiger partial charge in [-0.3, -0.25) is 9.65 Å². The van der Waals surface area contributed by atoms with Crippen molar-refractivity contribution in [2.45, 2.75) is 0 Å². The second kappa shape index (κ2) is 3.06. The predicted molar refractivity (Wildman–Crippen MR) is 48.8 cm³/mol. The Morgan fingerprint density at radius 1 is 1.90 bits per heavy atom. The van der Waals surface area contributed by atoms with E-state index in [0.29, 0.717) is 0 Å². The summed E-state index contributed by atoms with van der Waals surface area (Å²) in [6.45, 7) is 0. The van der Waals surface area contributed by atoms with E-state index >= 15 is 0 Å². The van der Waals surface area contributed by atoms with E-state index in [2.05, 4.69) is 11.0 Å². The van der Waals surface area contributed by atoms with Gasteiger partial charge in [-0.15, -0.1) is 6.42 Å². The molecule has 0 amide bonds. The third-order valence-corrected chi connectivity index (χ3v) is 7.92. The van der Waals surface area contributed by atoms with Gasteiger partial charge < -0.3 is 0 Å². The molecule has 1 aliphatic heterocycles. The molecule has 0 aromatic heterocycles. The summed E-state index contributed by atoms with van der Waals surface area (Å²) in [5.74, 6) is 2.44. The molecule has 1 aliphatic rings. The van der Waals surface area contributed by atoms with Crippen molar-refractivity contribution in [2.75, 3.05) is 7.05 Å². The van der Waals surface area contributed by atoms with Crippen molar-refractivity contribution in [3.8, 4) is 12.3 Å². The SMILES string of the molecule is C#CC1=CSP(=O)(NC)S1. The Kier molecular flexibility index (Phi) is 2.54. The van der Waals surface area contributed by atoms with Crippen molar-refractivity contribution in [3.63, 3.8) is 0 Å². The first-order chi connectivity index (χ1) is 4.70. The quantitative estimate of drug-likeness (QED) is 0.508. The van der Waals surface area contributed by atoms with Gasteiger partial charge in [-0.2, -0.15) is 0 Å². The highest BCUT2D eigenvalue weighted by molar-refractivity contribution is 8.93. The third kappa shape index (κ3) is 1.62. The van der Waals surface area contributed by atoms with Crippen LogP contribution in [0.25, 0.3) is 0 Å². The summed E-state index contributed by atoms with van der Waals surface area (Å²) in [6, 6.07) is 0. The molecule has 0 saturated heterocycles. The van der Waals surface area contributed by atoms with Crippen LogP contribution < -0.4 is 5.09 Å². The largest absolute Gasteiger partial charge is 0.282 e. The lowest BCUT2D eigenvalue weighted by Gasteiger charge is -2.04. The van der Waals surface area contributed by atoms with Crippen LogP contribution in [0, 0.1) is 12.3 Å². The van der Waals surface area contributed by atoms with Gasteiger partial charge in [0.2, 0.25) is 0 Å². The molecule has 0 aromatic rings. The molecule has 0 spiro atoms. The number of hydrogen-bond acceptors (Lipinski definition) is 3. The molecule has 0 aromatic carbocycles. The first kappa shape index (κ1) is 8.29. The molecule has 0 fully saturated rings. The smallest absolute Gasteiger partial charge is 0.263 e. The van der Waals surface area contributed by atoms with Gasteiger partial charge in [0.05, 0.1) is 4.91 Å². The highest BCUT2D eigenvalue weighted by atomic mass is 33.1. The molecular formula is C5H6NOPS2. The van der Waals surface area contributed by atoms with E-state index in [1.807, 2.05) is 0 Å². The Hall–Kier alpha value is 0.190. The fourth-order valence-electron chi connectivity index (χ4n) is 0.448. The number of hydrogen-bond donors (Lipinski definition) is 1. The van der Waals surface area contributed by atoms with E-state index < -0.39 is 5.70 Å². The average molecular weight is 191 g/mol. The maximum absolute atomic E-state index is 11.4. The lowest BCUT2D eigenvalue weighted by molar-refractivity contribution is 0.589. The predicted octanol–water partition coefficient (Wildman–Crippen LogP) is 2.27. The van der Waals surface area contributed by atoms with Gasteiger partial charge in [0.15, 0.2) is 0 Å². The summed E-state index contributed by atoms with van der Waals surface area (Å²) < 4.78 is 11.4. The van der Waals surface area contributed by atoms with Crippen molar-refractivity contribution in [3.05, 3.63) is 10.3 Å². The maximum Gasteiger partial charge on any atom is 0.263 e. The highest BCUT2D eigenvalue weighted by Gasteiger charge is 2.27. The van der Waals surface area contributed by atoms with E-state index in [0.717, 1.165) is 4.91 Å². The zero-order valence-electron chi connectivity index (χ0n) is 5.33. The zero-order chi connectivity index (χ0) is 7.61. The summed E-state index contributed by atoms with van der Waals surface area (Å²) in [5, 5.41) is 4.49. The van der Waals surface area contributed by atoms with Crippen LogP contribution >= 0.6 is 28.5 Å². The van der Waals surface area contributed by atoms with Crippen molar-refractivity contribution in [1.82, 2.24) is 5.09 Å². The molecule has 1 atom stereocenters. The summed E-state index contributed by atoms with van der Waals surface area (Å²) in [5.41, 5.74) is -2.28. The number of rotatable bonds is 1. The standard InChI is InChI=1S/C5H6NOPS2/c1-3-5-4-9-8(7,6-2)10-5/h1,4H,2H3,(H,6,7). The van der Waals surface area contributed by atoms with Gasteiger partial charge in [0, 0.05) is 5.41 Å². The molecule has 10 heavy (non-hydrogen) atoms. The Bertz CT molecular complexity index is 255. The zero-order valence-corrected chi connectivity index (χ0v) is 7.85. The Balaban J connectivity index is 2.70. The second-order valence-electron chi connectivity index (χ2n) is 1.54. The van der Waals surface area contributed by atoms with Gasteiger partial charge in [0.1, 0.15) is 0 Å². The highest BCUT2D eigenvalue weighted by Crippen LogP contribution is 2.73. The fourth-order valence-corrected chi connectivity index (χ4v) is 6.10. The molecule has 1 unspecified atom stereocenters. The van der Waals surface area contributed by atoms with E-state index in [1.165, 1.54) is 22.8 Å². The van der Waals surface area contributed by atoms with Crippen LogP contribution in [0.2, 0.25) is 0 Å². The second-order valence-corrected chi connectivity index (χ2v) is 9.01. The summed E-state index contributed by atoms with van der Waals surface area (Å²) in [4.78, 5) is 0.752. The lowest BCUT2D eigenvalue weighted by Crippen LogP contribution is -1.92. The van der Waals surface area contributed by atoms with Crippen LogP contribution in [0.15, 0.2) is 10.3 Å². The third-order valence-electron chi connectivity index (χ3n) is 0.933. The molecule has 54 valence electrons. The average Bonchev–Trinajstić information content (AvgIpc) is 2.33. The molecular weight excluding hydrogens is 185 g/mol. The van der Waals surface area contributed by atoms with Crippen molar-refractivity contribution in [2.24, 2.45) is 0 Å². The fraction of sp³-hybridized carbons (Fsp3) is 0.200. The van der Waals surface area contributed by atoms with Crippen molar-refractivity contribution in [1.29, 1.82) is 0 Å². The van der Waals surface area contributed by atoms with Crippen molar-refractivity contribution < 1.29 is 4.57 Å².